The SMILES string of the molecule is CC(Br)C(=O)c1ccccc1[N+](=O)[O-]. The van der Waals surface area contributed by atoms with Gasteiger partial charge in [0.25, 0.3) is 5.69 Å². The topological polar surface area (TPSA) is 60.2 Å². The summed E-state index contributed by atoms with van der Waals surface area (Å²) >= 11 is 3.09. The summed E-state index contributed by atoms with van der Waals surface area (Å²) in [5, 5.41) is 10.6. The monoisotopic (exact) mass is 257 g/mol. The number of nitro benzene ring substituents is 1. The quantitative estimate of drug-likeness (QED) is 0.362. The predicted octanol–water partition coefficient (Wildman–Crippen LogP) is 2.56. The normalized spacial score (nSPS) is 12.1. The minimum absolute atomic E-state index is 0.141. The second-order valence-corrected chi connectivity index (χ2v) is 4.13. The Bertz CT molecular complexity index is 376. The molecule has 4 nitrogen and oxygen atoms in total. The lowest BCUT2D eigenvalue weighted by Gasteiger charge is -2.02. The number of para-hydroxylation sites is 1. The van der Waals surface area contributed by atoms with Gasteiger partial charge < -0.3 is 0 Å². The van der Waals surface area contributed by atoms with Gasteiger partial charge in [0.15, 0.2) is 5.78 Å². The van der Waals surface area contributed by atoms with E-state index in [2.05, 4.69) is 15.9 Å². The minimum Gasteiger partial charge on any atom is -0.293 e. The van der Waals surface area contributed by atoms with Crippen LogP contribution in [-0.4, -0.2) is 15.5 Å². The predicted molar refractivity (Wildman–Crippen MR) is 55.8 cm³/mol. The molecule has 0 aliphatic heterocycles. The van der Waals surface area contributed by atoms with Crippen LogP contribution in [0.5, 0.6) is 0 Å². The maximum absolute atomic E-state index is 11.5. The molecule has 14 heavy (non-hydrogen) atoms. The van der Waals surface area contributed by atoms with Gasteiger partial charge in [-0.1, -0.05) is 28.1 Å². The summed E-state index contributed by atoms with van der Waals surface area (Å²) in [7, 11) is 0. The third kappa shape index (κ3) is 2.17. The molecule has 5 heteroatoms. The molecule has 1 aromatic rings. The molecule has 0 aromatic heterocycles. The second-order valence-electron chi connectivity index (χ2n) is 2.75. The molecule has 0 fully saturated rings. The number of halogens is 1. The number of Topliss-reactive ketones (excluding diaryl/α,β-unsaturated/α-hetero) is 1. The van der Waals surface area contributed by atoms with Crippen LogP contribution in [0.15, 0.2) is 24.3 Å². The van der Waals surface area contributed by atoms with Gasteiger partial charge in [0.2, 0.25) is 0 Å². The molecule has 0 N–H and O–H groups in total. The molecule has 0 radical (unpaired) electrons. The molecular formula is C9H8BrNO3. The number of ketones is 1. The number of carbonyl (C=O) groups excluding carboxylic acids is 1. The summed E-state index contributed by atoms with van der Waals surface area (Å²) in [6, 6.07) is 5.92. The van der Waals surface area contributed by atoms with Crippen molar-refractivity contribution in [3.05, 3.63) is 39.9 Å². The summed E-state index contributed by atoms with van der Waals surface area (Å²) < 4.78 is 0. The van der Waals surface area contributed by atoms with E-state index in [1.165, 1.54) is 18.2 Å². The number of hydrogen-bond acceptors (Lipinski definition) is 3. The molecule has 0 amide bonds. The Hall–Kier alpha value is -1.23. The molecule has 0 heterocycles. The van der Waals surface area contributed by atoms with E-state index in [1.807, 2.05) is 0 Å². The molecule has 1 unspecified atom stereocenters. The molecule has 1 rings (SSSR count). The Balaban J connectivity index is 3.20. The number of carbonyl (C=O) groups is 1. The van der Waals surface area contributed by atoms with Gasteiger partial charge in [0.05, 0.1) is 15.3 Å². The molecular weight excluding hydrogens is 250 g/mol. The highest BCUT2D eigenvalue weighted by Crippen LogP contribution is 2.21. The summed E-state index contributed by atoms with van der Waals surface area (Å²) in [5.41, 5.74) is -0.00863. The van der Waals surface area contributed by atoms with Crippen LogP contribution in [0.25, 0.3) is 0 Å². The van der Waals surface area contributed by atoms with Crippen LogP contribution in [0.4, 0.5) is 5.69 Å². The molecule has 0 aliphatic carbocycles. The summed E-state index contributed by atoms with van der Waals surface area (Å²) in [5.74, 6) is -0.280. The highest BCUT2D eigenvalue weighted by Gasteiger charge is 2.21. The van der Waals surface area contributed by atoms with Crippen molar-refractivity contribution in [1.82, 2.24) is 0 Å². The maximum Gasteiger partial charge on any atom is 0.280 e. The van der Waals surface area contributed by atoms with Crippen molar-refractivity contribution in [1.29, 1.82) is 0 Å². The van der Waals surface area contributed by atoms with Crippen molar-refractivity contribution in [3.8, 4) is 0 Å². The van der Waals surface area contributed by atoms with Crippen LogP contribution in [0.2, 0.25) is 0 Å². The Labute approximate surface area is 89.2 Å². The first kappa shape index (κ1) is 10.8. The van der Waals surface area contributed by atoms with Crippen LogP contribution >= 0.6 is 15.9 Å². The average Bonchev–Trinajstić information content (AvgIpc) is 2.16. The van der Waals surface area contributed by atoms with Crippen LogP contribution in [0, 0.1) is 10.1 Å². The van der Waals surface area contributed by atoms with Crippen molar-refractivity contribution < 1.29 is 9.72 Å². The summed E-state index contributed by atoms with van der Waals surface area (Å²) in [6.07, 6.45) is 0. The van der Waals surface area contributed by atoms with Crippen molar-refractivity contribution in [2.45, 2.75) is 11.8 Å². The maximum atomic E-state index is 11.5. The van der Waals surface area contributed by atoms with Crippen molar-refractivity contribution >= 4 is 27.4 Å². The summed E-state index contributed by atoms with van der Waals surface area (Å²) in [6.45, 7) is 1.64. The second kappa shape index (κ2) is 4.32. The third-order valence-corrected chi connectivity index (χ3v) is 2.14. The Morgan fingerprint density at radius 2 is 2.07 bits per heavy atom. The lowest BCUT2D eigenvalue weighted by Crippen LogP contribution is -2.12. The molecule has 74 valence electrons. The number of nitrogens with zero attached hydrogens (tertiary/aromatic N) is 1. The molecule has 1 aromatic carbocycles. The van der Waals surface area contributed by atoms with Gasteiger partial charge in [-0.3, -0.25) is 14.9 Å². The highest BCUT2D eigenvalue weighted by molar-refractivity contribution is 9.10. The number of hydrogen-bond donors (Lipinski definition) is 0. The fourth-order valence-electron chi connectivity index (χ4n) is 1.06. The number of benzene rings is 1. The molecule has 0 bridgehead atoms. The zero-order chi connectivity index (χ0) is 10.7. The first-order valence-corrected chi connectivity index (χ1v) is 4.87. The minimum atomic E-state index is -0.553. The highest BCUT2D eigenvalue weighted by atomic mass is 79.9. The van der Waals surface area contributed by atoms with Crippen LogP contribution in [-0.2, 0) is 0 Å². The van der Waals surface area contributed by atoms with Gasteiger partial charge in [-0.2, -0.15) is 0 Å². The largest absolute Gasteiger partial charge is 0.293 e. The van der Waals surface area contributed by atoms with Gasteiger partial charge in [-0.15, -0.1) is 0 Å². The lowest BCUT2D eigenvalue weighted by atomic mass is 10.1. The summed E-state index contributed by atoms with van der Waals surface area (Å²) in [4.78, 5) is 21.1. The lowest BCUT2D eigenvalue weighted by molar-refractivity contribution is -0.385. The van der Waals surface area contributed by atoms with E-state index in [0.717, 1.165) is 0 Å². The molecule has 0 saturated heterocycles. The van der Waals surface area contributed by atoms with Gasteiger partial charge in [0.1, 0.15) is 0 Å². The van der Waals surface area contributed by atoms with Gasteiger partial charge >= 0.3 is 0 Å². The van der Waals surface area contributed by atoms with E-state index in [-0.39, 0.29) is 17.0 Å². The zero-order valence-electron chi connectivity index (χ0n) is 7.44. The number of rotatable bonds is 3. The van der Waals surface area contributed by atoms with E-state index in [9.17, 15) is 14.9 Å². The zero-order valence-corrected chi connectivity index (χ0v) is 9.02. The smallest absolute Gasteiger partial charge is 0.280 e. The fraction of sp³-hybridized carbons (Fsp3) is 0.222. The van der Waals surface area contributed by atoms with E-state index in [1.54, 1.807) is 13.0 Å². The van der Waals surface area contributed by atoms with Gasteiger partial charge in [-0.25, -0.2) is 0 Å². The van der Waals surface area contributed by atoms with E-state index in [0.29, 0.717) is 0 Å². The van der Waals surface area contributed by atoms with E-state index < -0.39 is 9.75 Å². The van der Waals surface area contributed by atoms with Crippen LogP contribution in [0.1, 0.15) is 17.3 Å². The Morgan fingerprint density at radius 3 is 2.57 bits per heavy atom. The molecule has 1 atom stereocenters. The molecule has 0 aliphatic rings. The van der Waals surface area contributed by atoms with Crippen LogP contribution < -0.4 is 0 Å². The molecule has 0 spiro atoms. The van der Waals surface area contributed by atoms with Crippen molar-refractivity contribution in [2.75, 3.05) is 0 Å². The fourth-order valence-corrected chi connectivity index (χ4v) is 1.30. The number of nitro groups is 1. The van der Waals surface area contributed by atoms with E-state index in [4.69, 9.17) is 0 Å². The molecule has 0 saturated carbocycles. The van der Waals surface area contributed by atoms with Crippen LogP contribution in [0.3, 0.4) is 0 Å². The first-order chi connectivity index (χ1) is 6.54. The van der Waals surface area contributed by atoms with Gasteiger partial charge in [-0.05, 0) is 13.0 Å². The average molecular weight is 258 g/mol. The Kier molecular flexibility index (Phi) is 3.35. The Morgan fingerprint density at radius 1 is 1.50 bits per heavy atom. The van der Waals surface area contributed by atoms with Gasteiger partial charge in [0, 0.05) is 6.07 Å². The van der Waals surface area contributed by atoms with Crippen molar-refractivity contribution in [3.63, 3.8) is 0 Å². The number of alkyl halides is 1. The van der Waals surface area contributed by atoms with E-state index >= 15 is 0 Å². The first-order valence-electron chi connectivity index (χ1n) is 3.95. The third-order valence-electron chi connectivity index (χ3n) is 1.73. The standard InChI is InChI=1S/C9H8BrNO3/c1-6(10)9(12)7-4-2-3-5-8(7)11(13)14/h2-6H,1H3. The van der Waals surface area contributed by atoms with Crippen molar-refractivity contribution in [2.24, 2.45) is 0 Å².